The monoisotopic (exact) mass is 351 g/mol. The van der Waals surface area contributed by atoms with Gasteiger partial charge in [0, 0.05) is 44.8 Å². The van der Waals surface area contributed by atoms with Crippen molar-refractivity contribution >= 4 is 0 Å². The largest absolute Gasteiger partial charge is 0.375 e. The number of nitrogens with zero attached hydrogens (tertiary/aromatic N) is 3. The van der Waals surface area contributed by atoms with Crippen LogP contribution >= 0.6 is 0 Å². The molecule has 0 unspecified atom stereocenters. The summed E-state index contributed by atoms with van der Waals surface area (Å²) in [6.07, 6.45) is 8.83. The van der Waals surface area contributed by atoms with E-state index in [0.29, 0.717) is 17.7 Å². The van der Waals surface area contributed by atoms with Gasteiger partial charge in [-0.05, 0) is 71.9 Å². The van der Waals surface area contributed by atoms with Crippen molar-refractivity contribution < 1.29 is 4.74 Å². The average molecular weight is 352 g/mol. The summed E-state index contributed by atoms with van der Waals surface area (Å²) < 4.78 is 6.43. The number of piperazine rings is 1. The minimum Gasteiger partial charge on any atom is -0.375 e. The van der Waals surface area contributed by atoms with E-state index < -0.39 is 0 Å². The lowest BCUT2D eigenvalue weighted by atomic mass is 9.86. The quantitative estimate of drug-likeness (QED) is 0.758. The van der Waals surface area contributed by atoms with Gasteiger partial charge in [-0.3, -0.25) is 9.80 Å². The summed E-state index contributed by atoms with van der Waals surface area (Å²) in [5.41, 5.74) is 0.335. The van der Waals surface area contributed by atoms with Crippen LogP contribution in [0.4, 0.5) is 0 Å². The van der Waals surface area contributed by atoms with Gasteiger partial charge in [0.1, 0.15) is 0 Å². The molecule has 0 spiro atoms. The minimum absolute atomic E-state index is 0.335. The SMILES string of the molecule is CCN1CCN(CC2CCC(OC3CCN(C)CC3)CC2)CC1(C)C. The average Bonchev–Trinajstić information content (AvgIpc) is 2.58. The van der Waals surface area contributed by atoms with Gasteiger partial charge in [0.05, 0.1) is 12.2 Å². The second-order valence-electron chi connectivity index (χ2n) is 9.41. The molecular weight excluding hydrogens is 310 g/mol. The molecule has 2 heterocycles. The van der Waals surface area contributed by atoms with Gasteiger partial charge in [0.25, 0.3) is 0 Å². The lowest BCUT2D eigenvalue weighted by Gasteiger charge is -2.48. The van der Waals surface area contributed by atoms with Crippen molar-refractivity contribution in [2.45, 2.75) is 77.0 Å². The lowest BCUT2D eigenvalue weighted by Crippen LogP contribution is -2.59. The zero-order valence-electron chi connectivity index (χ0n) is 17.2. The summed E-state index contributed by atoms with van der Waals surface area (Å²) in [5.74, 6) is 0.890. The Morgan fingerprint density at radius 2 is 1.52 bits per heavy atom. The van der Waals surface area contributed by atoms with Crippen LogP contribution in [0, 0.1) is 5.92 Å². The predicted molar refractivity (Wildman–Crippen MR) is 105 cm³/mol. The summed E-state index contributed by atoms with van der Waals surface area (Å²) in [4.78, 5) is 7.79. The first-order valence-corrected chi connectivity index (χ1v) is 10.8. The molecule has 3 aliphatic rings. The number of rotatable bonds is 5. The molecule has 25 heavy (non-hydrogen) atoms. The van der Waals surface area contributed by atoms with Crippen LogP contribution in [0.25, 0.3) is 0 Å². The molecule has 3 rings (SSSR count). The molecule has 2 aliphatic heterocycles. The first-order valence-electron chi connectivity index (χ1n) is 10.8. The molecule has 0 aromatic carbocycles. The molecule has 0 amide bonds. The summed E-state index contributed by atoms with van der Waals surface area (Å²) in [6, 6.07) is 0. The minimum atomic E-state index is 0.335. The van der Waals surface area contributed by atoms with Crippen molar-refractivity contribution in [3.63, 3.8) is 0 Å². The van der Waals surface area contributed by atoms with Crippen LogP contribution in [0.3, 0.4) is 0 Å². The Morgan fingerprint density at radius 1 is 0.880 bits per heavy atom. The van der Waals surface area contributed by atoms with Crippen molar-refractivity contribution in [2.24, 2.45) is 5.92 Å². The molecule has 1 aliphatic carbocycles. The third kappa shape index (κ3) is 5.41. The second-order valence-corrected chi connectivity index (χ2v) is 9.41. The standard InChI is InChI=1S/C21H41N3O/c1-5-24-15-14-23(17-21(24,2)3)16-18-6-8-19(9-7-18)25-20-10-12-22(4)13-11-20/h18-20H,5-17H2,1-4H3. The molecule has 0 aromatic rings. The Bertz CT molecular complexity index is 398. The van der Waals surface area contributed by atoms with Crippen molar-refractivity contribution in [2.75, 3.05) is 52.9 Å². The molecule has 0 radical (unpaired) electrons. The number of piperidine rings is 1. The molecule has 0 aromatic heterocycles. The number of likely N-dealkylation sites (N-methyl/N-ethyl adjacent to an activating group) is 1. The van der Waals surface area contributed by atoms with E-state index in [1.165, 1.54) is 84.3 Å². The van der Waals surface area contributed by atoms with Gasteiger partial charge >= 0.3 is 0 Å². The second kappa shape index (κ2) is 8.69. The Morgan fingerprint density at radius 3 is 2.12 bits per heavy atom. The van der Waals surface area contributed by atoms with Gasteiger partial charge in [0.15, 0.2) is 0 Å². The zero-order valence-corrected chi connectivity index (χ0v) is 17.2. The van der Waals surface area contributed by atoms with Crippen molar-refractivity contribution in [1.29, 1.82) is 0 Å². The fourth-order valence-electron chi connectivity index (χ4n) is 5.24. The Labute approximate surface area is 155 Å². The van der Waals surface area contributed by atoms with E-state index in [-0.39, 0.29) is 0 Å². The van der Waals surface area contributed by atoms with Crippen LogP contribution in [0.2, 0.25) is 0 Å². The summed E-state index contributed by atoms with van der Waals surface area (Å²) in [5, 5.41) is 0. The van der Waals surface area contributed by atoms with Crippen molar-refractivity contribution in [1.82, 2.24) is 14.7 Å². The smallest absolute Gasteiger partial charge is 0.0603 e. The maximum absolute atomic E-state index is 6.43. The topological polar surface area (TPSA) is 19.0 Å². The third-order valence-corrected chi connectivity index (χ3v) is 6.90. The highest BCUT2D eigenvalue weighted by Gasteiger charge is 2.34. The van der Waals surface area contributed by atoms with Crippen LogP contribution in [0.1, 0.15) is 59.3 Å². The van der Waals surface area contributed by atoms with Gasteiger partial charge in [-0.1, -0.05) is 6.92 Å². The van der Waals surface area contributed by atoms with E-state index in [1.807, 2.05) is 0 Å². The fourth-order valence-corrected chi connectivity index (χ4v) is 5.24. The van der Waals surface area contributed by atoms with Gasteiger partial charge in [0.2, 0.25) is 0 Å². The van der Waals surface area contributed by atoms with E-state index >= 15 is 0 Å². The van der Waals surface area contributed by atoms with Crippen LogP contribution in [0.15, 0.2) is 0 Å². The molecule has 3 fully saturated rings. The maximum atomic E-state index is 6.43. The predicted octanol–water partition coefficient (Wildman–Crippen LogP) is 3.07. The molecule has 146 valence electrons. The highest BCUT2D eigenvalue weighted by molar-refractivity contribution is 4.90. The molecule has 0 atom stereocenters. The number of hydrogen-bond donors (Lipinski definition) is 0. The van der Waals surface area contributed by atoms with E-state index in [4.69, 9.17) is 4.74 Å². The van der Waals surface area contributed by atoms with E-state index in [1.54, 1.807) is 0 Å². The molecule has 4 heteroatoms. The Hall–Kier alpha value is -0.160. The normalized spacial score (nSPS) is 33.6. The summed E-state index contributed by atoms with van der Waals surface area (Å²) in [6.45, 7) is 15.7. The highest BCUT2D eigenvalue weighted by Crippen LogP contribution is 2.30. The van der Waals surface area contributed by atoms with Crippen LogP contribution < -0.4 is 0 Å². The highest BCUT2D eigenvalue weighted by atomic mass is 16.5. The first-order chi connectivity index (χ1) is 12.0. The zero-order chi connectivity index (χ0) is 17.9. The molecule has 0 bridgehead atoms. The Balaban J connectivity index is 1.37. The van der Waals surface area contributed by atoms with Gasteiger partial charge in [-0.25, -0.2) is 0 Å². The Kier molecular flexibility index (Phi) is 6.81. The van der Waals surface area contributed by atoms with Gasteiger partial charge in [-0.2, -0.15) is 0 Å². The summed E-state index contributed by atoms with van der Waals surface area (Å²) in [7, 11) is 2.23. The van der Waals surface area contributed by atoms with E-state index in [2.05, 4.69) is 42.5 Å². The molecular formula is C21H41N3O. The first kappa shape index (κ1) is 19.6. The summed E-state index contributed by atoms with van der Waals surface area (Å²) >= 11 is 0. The van der Waals surface area contributed by atoms with Crippen LogP contribution in [-0.2, 0) is 4.74 Å². The van der Waals surface area contributed by atoms with Crippen molar-refractivity contribution in [3.8, 4) is 0 Å². The molecule has 4 nitrogen and oxygen atoms in total. The van der Waals surface area contributed by atoms with Crippen LogP contribution in [-0.4, -0.2) is 85.3 Å². The number of hydrogen-bond acceptors (Lipinski definition) is 4. The van der Waals surface area contributed by atoms with E-state index in [0.717, 1.165) is 5.92 Å². The third-order valence-electron chi connectivity index (χ3n) is 6.90. The molecule has 1 saturated carbocycles. The van der Waals surface area contributed by atoms with E-state index in [9.17, 15) is 0 Å². The molecule has 0 N–H and O–H groups in total. The van der Waals surface area contributed by atoms with Gasteiger partial charge in [-0.15, -0.1) is 0 Å². The number of likely N-dealkylation sites (tertiary alicyclic amines) is 1. The number of ether oxygens (including phenoxy) is 1. The lowest BCUT2D eigenvalue weighted by molar-refractivity contribution is -0.0618. The molecule has 2 saturated heterocycles. The maximum Gasteiger partial charge on any atom is 0.0603 e. The van der Waals surface area contributed by atoms with Gasteiger partial charge < -0.3 is 9.64 Å². The van der Waals surface area contributed by atoms with Crippen molar-refractivity contribution in [3.05, 3.63) is 0 Å². The fraction of sp³-hybridized carbons (Fsp3) is 1.00. The van der Waals surface area contributed by atoms with Crippen LogP contribution in [0.5, 0.6) is 0 Å².